The summed E-state index contributed by atoms with van der Waals surface area (Å²) in [5.74, 6) is -0.0178. The highest BCUT2D eigenvalue weighted by Crippen LogP contribution is 2.29. The fraction of sp³-hybridized carbons (Fsp3) is 0.500. The van der Waals surface area contributed by atoms with Crippen LogP contribution in [0.2, 0.25) is 10.0 Å². The van der Waals surface area contributed by atoms with Crippen LogP contribution in [0.25, 0.3) is 0 Å². The number of benzene rings is 1. The molecule has 104 valence electrons. The number of halogens is 2. The van der Waals surface area contributed by atoms with E-state index in [0.717, 1.165) is 31.5 Å². The number of piperidine rings is 1. The summed E-state index contributed by atoms with van der Waals surface area (Å²) in [6.07, 6.45) is 1.79. The first-order chi connectivity index (χ1) is 8.97. The van der Waals surface area contributed by atoms with Gasteiger partial charge in [0, 0.05) is 6.54 Å². The third kappa shape index (κ3) is 3.62. The van der Waals surface area contributed by atoms with Gasteiger partial charge in [0.1, 0.15) is 0 Å². The minimum Gasteiger partial charge on any atom is -0.369 e. The number of nitrogens with two attached hydrogens (primary N) is 1. The molecule has 0 radical (unpaired) electrons. The molecule has 1 unspecified atom stereocenters. The van der Waals surface area contributed by atoms with Crippen molar-refractivity contribution < 1.29 is 4.79 Å². The number of rotatable bonds is 3. The number of hydrogen-bond acceptors (Lipinski definition) is 2. The van der Waals surface area contributed by atoms with Crippen LogP contribution in [0, 0.1) is 11.8 Å². The quantitative estimate of drug-likeness (QED) is 0.932. The lowest BCUT2D eigenvalue weighted by molar-refractivity contribution is -0.125. The third-order valence-corrected chi connectivity index (χ3v) is 4.55. The van der Waals surface area contributed by atoms with Gasteiger partial charge in [0.05, 0.1) is 16.0 Å². The molecule has 1 aliphatic rings. The summed E-state index contributed by atoms with van der Waals surface area (Å²) in [4.78, 5) is 13.7. The zero-order valence-corrected chi connectivity index (χ0v) is 12.4. The van der Waals surface area contributed by atoms with E-state index in [2.05, 4.69) is 4.90 Å². The Morgan fingerprint density at radius 1 is 1.42 bits per heavy atom. The highest BCUT2D eigenvalue weighted by atomic mass is 35.5. The molecule has 1 fully saturated rings. The topological polar surface area (TPSA) is 46.3 Å². The molecular formula is C14H18Cl2N2O. The van der Waals surface area contributed by atoms with Gasteiger partial charge in [0.15, 0.2) is 0 Å². The van der Waals surface area contributed by atoms with Gasteiger partial charge in [-0.25, -0.2) is 0 Å². The van der Waals surface area contributed by atoms with Gasteiger partial charge < -0.3 is 10.6 Å². The highest BCUT2D eigenvalue weighted by Gasteiger charge is 2.31. The number of carbonyl (C=O) groups excluding carboxylic acids is 1. The van der Waals surface area contributed by atoms with Crippen molar-refractivity contribution in [3.63, 3.8) is 0 Å². The number of primary amides is 1. The summed E-state index contributed by atoms with van der Waals surface area (Å²) in [6, 6.07) is 5.64. The molecule has 2 rings (SSSR count). The fourth-order valence-corrected chi connectivity index (χ4v) is 3.02. The van der Waals surface area contributed by atoms with E-state index in [1.54, 1.807) is 6.07 Å². The van der Waals surface area contributed by atoms with Crippen molar-refractivity contribution in [3.05, 3.63) is 33.8 Å². The average Bonchev–Trinajstić information content (AvgIpc) is 2.36. The molecule has 2 N–H and O–H groups in total. The lowest BCUT2D eigenvalue weighted by atomic mass is 9.81. The average molecular weight is 301 g/mol. The second-order valence-corrected chi connectivity index (χ2v) is 6.09. The first kappa shape index (κ1) is 14.6. The van der Waals surface area contributed by atoms with Gasteiger partial charge in [-0.2, -0.15) is 0 Å². The highest BCUT2D eigenvalue weighted by molar-refractivity contribution is 6.42. The number of likely N-dealkylation sites (tertiary alicyclic amines) is 1. The Labute approximate surface area is 123 Å². The van der Waals surface area contributed by atoms with Crippen molar-refractivity contribution in [1.29, 1.82) is 0 Å². The third-order valence-electron chi connectivity index (χ3n) is 3.81. The van der Waals surface area contributed by atoms with E-state index in [9.17, 15) is 4.79 Å². The predicted molar refractivity (Wildman–Crippen MR) is 78.5 cm³/mol. The summed E-state index contributed by atoms with van der Waals surface area (Å²) < 4.78 is 0. The molecule has 1 heterocycles. The van der Waals surface area contributed by atoms with E-state index >= 15 is 0 Å². The Kier molecular flexibility index (Phi) is 4.71. The second kappa shape index (κ2) is 6.12. The van der Waals surface area contributed by atoms with E-state index < -0.39 is 0 Å². The van der Waals surface area contributed by atoms with E-state index in [0.29, 0.717) is 10.0 Å². The molecule has 1 saturated heterocycles. The molecule has 0 saturated carbocycles. The summed E-state index contributed by atoms with van der Waals surface area (Å²) in [6.45, 7) is 1.73. The molecule has 1 aromatic carbocycles. The molecule has 1 aromatic rings. The van der Waals surface area contributed by atoms with Crippen molar-refractivity contribution in [2.45, 2.75) is 12.8 Å². The Balaban J connectivity index is 2.11. The van der Waals surface area contributed by atoms with Gasteiger partial charge in [-0.1, -0.05) is 29.3 Å². The van der Waals surface area contributed by atoms with Crippen molar-refractivity contribution in [2.24, 2.45) is 17.6 Å². The zero-order valence-electron chi connectivity index (χ0n) is 10.9. The monoisotopic (exact) mass is 300 g/mol. The first-order valence-corrected chi connectivity index (χ1v) is 7.14. The van der Waals surface area contributed by atoms with Crippen molar-refractivity contribution >= 4 is 29.1 Å². The Morgan fingerprint density at radius 2 is 2.16 bits per heavy atom. The number of hydrogen-bond donors (Lipinski definition) is 1. The lowest BCUT2D eigenvalue weighted by Crippen LogP contribution is -2.45. The van der Waals surface area contributed by atoms with Crippen molar-refractivity contribution in [2.75, 3.05) is 20.1 Å². The minimum absolute atomic E-state index is 0.0896. The normalized spacial score (nSPS) is 24.4. The summed E-state index contributed by atoms with van der Waals surface area (Å²) >= 11 is 11.9. The number of carbonyl (C=O) groups is 1. The van der Waals surface area contributed by atoms with Crippen molar-refractivity contribution in [3.8, 4) is 0 Å². The predicted octanol–water partition coefficient (Wildman–Crippen LogP) is 2.59. The molecule has 3 nitrogen and oxygen atoms in total. The van der Waals surface area contributed by atoms with Gasteiger partial charge in [-0.3, -0.25) is 4.79 Å². The number of amides is 1. The molecule has 1 amide bonds. The fourth-order valence-electron chi connectivity index (χ4n) is 2.70. The Hall–Kier alpha value is -0.770. The van der Waals surface area contributed by atoms with Gasteiger partial charge in [0.2, 0.25) is 5.91 Å². The van der Waals surface area contributed by atoms with Crippen LogP contribution in [-0.4, -0.2) is 30.9 Å². The summed E-state index contributed by atoms with van der Waals surface area (Å²) in [7, 11) is 2.02. The van der Waals surface area contributed by atoms with Crippen LogP contribution in [0.4, 0.5) is 0 Å². The van der Waals surface area contributed by atoms with Gasteiger partial charge in [-0.05, 0) is 50.0 Å². The van der Waals surface area contributed by atoms with E-state index in [-0.39, 0.29) is 17.7 Å². The Bertz CT molecular complexity index is 479. The molecule has 19 heavy (non-hydrogen) atoms. The maximum atomic E-state index is 11.6. The SMILES string of the molecule is CN1CCC(Cc2ccc(Cl)c(Cl)c2)[C@H](C(N)=O)C1. The van der Waals surface area contributed by atoms with Crippen molar-refractivity contribution in [1.82, 2.24) is 4.90 Å². The standard InChI is InChI=1S/C14H18Cl2N2O/c1-18-5-4-10(11(8-18)14(17)19)6-9-2-3-12(15)13(16)7-9/h2-3,7,10-11H,4-6,8H2,1H3,(H2,17,19)/t10?,11-/m1/s1. The minimum atomic E-state index is -0.211. The number of nitrogens with zero attached hydrogens (tertiary/aromatic N) is 1. The van der Waals surface area contributed by atoms with Crippen LogP contribution in [-0.2, 0) is 11.2 Å². The van der Waals surface area contributed by atoms with Crippen LogP contribution in [0.1, 0.15) is 12.0 Å². The second-order valence-electron chi connectivity index (χ2n) is 5.27. The summed E-state index contributed by atoms with van der Waals surface area (Å²) in [5, 5.41) is 1.11. The molecule has 2 atom stereocenters. The smallest absolute Gasteiger partial charge is 0.222 e. The molecular weight excluding hydrogens is 283 g/mol. The van der Waals surface area contributed by atoms with Crippen LogP contribution < -0.4 is 5.73 Å². The van der Waals surface area contributed by atoms with Crippen LogP contribution in [0.5, 0.6) is 0 Å². The molecule has 0 aliphatic carbocycles. The summed E-state index contributed by atoms with van der Waals surface area (Å²) in [5.41, 5.74) is 6.62. The molecule has 0 bridgehead atoms. The van der Waals surface area contributed by atoms with E-state index in [1.165, 1.54) is 0 Å². The van der Waals surface area contributed by atoms with E-state index in [4.69, 9.17) is 28.9 Å². The lowest BCUT2D eigenvalue weighted by Gasteiger charge is -2.35. The molecule has 5 heteroatoms. The zero-order chi connectivity index (χ0) is 14.0. The largest absolute Gasteiger partial charge is 0.369 e. The van der Waals surface area contributed by atoms with Crippen LogP contribution >= 0.6 is 23.2 Å². The first-order valence-electron chi connectivity index (χ1n) is 6.39. The molecule has 0 aromatic heterocycles. The maximum absolute atomic E-state index is 11.6. The van der Waals surface area contributed by atoms with Crippen LogP contribution in [0.3, 0.4) is 0 Å². The van der Waals surface area contributed by atoms with E-state index in [1.807, 2.05) is 19.2 Å². The van der Waals surface area contributed by atoms with Crippen LogP contribution in [0.15, 0.2) is 18.2 Å². The maximum Gasteiger partial charge on any atom is 0.222 e. The molecule has 1 aliphatic heterocycles. The van der Waals surface area contributed by atoms with Gasteiger partial charge >= 0.3 is 0 Å². The van der Waals surface area contributed by atoms with Gasteiger partial charge in [0.25, 0.3) is 0 Å². The van der Waals surface area contributed by atoms with Gasteiger partial charge in [-0.15, -0.1) is 0 Å². The molecule has 0 spiro atoms. The Morgan fingerprint density at radius 3 is 2.79 bits per heavy atom.